The molecule has 5 nitrogen and oxygen atoms in total. The molecule has 0 aliphatic rings. The van der Waals surface area contributed by atoms with Gasteiger partial charge in [-0.2, -0.15) is 0 Å². The quantitative estimate of drug-likeness (QED) is 0.503. The van der Waals surface area contributed by atoms with Crippen LogP contribution in [0, 0.1) is 6.92 Å². The molecule has 5 heteroatoms. The third-order valence-electron chi connectivity index (χ3n) is 3.57. The summed E-state index contributed by atoms with van der Waals surface area (Å²) in [5.74, 6) is -0.312. The molecule has 0 saturated heterocycles. The van der Waals surface area contributed by atoms with E-state index in [0.29, 0.717) is 39.1 Å². The van der Waals surface area contributed by atoms with Crippen LogP contribution in [0.5, 0.6) is 11.5 Å². The second-order valence-corrected chi connectivity index (χ2v) is 5.89. The minimum absolute atomic E-state index is 0.292. The van der Waals surface area contributed by atoms with E-state index in [4.69, 9.17) is 9.47 Å². The zero-order valence-corrected chi connectivity index (χ0v) is 14.9. The maximum atomic E-state index is 12.0. The highest BCUT2D eigenvalue weighted by molar-refractivity contribution is 6.03. The summed E-state index contributed by atoms with van der Waals surface area (Å²) in [6.45, 7) is 12.3. The first-order chi connectivity index (χ1) is 11.7. The number of aryl methyl sites for hydroxylation is 1. The Hall–Kier alpha value is -3.08. The van der Waals surface area contributed by atoms with Gasteiger partial charge in [0.05, 0.1) is 5.69 Å². The summed E-state index contributed by atoms with van der Waals surface area (Å²) in [7, 11) is 1.69. The van der Waals surface area contributed by atoms with Crippen LogP contribution in [0.4, 0.5) is 5.69 Å². The van der Waals surface area contributed by atoms with Crippen molar-refractivity contribution in [2.24, 2.45) is 0 Å². The molecule has 25 heavy (non-hydrogen) atoms. The molecule has 2 rings (SSSR count). The zero-order chi connectivity index (χ0) is 18.7. The molecule has 0 atom stereocenters. The van der Waals surface area contributed by atoms with Gasteiger partial charge in [-0.3, -0.25) is 0 Å². The molecule has 0 bridgehead atoms. The molecule has 0 amide bonds. The molecular weight excluding hydrogens is 318 g/mol. The van der Waals surface area contributed by atoms with Crippen LogP contribution in [0.2, 0.25) is 0 Å². The van der Waals surface area contributed by atoms with E-state index in [1.165, 1.54) is 0 Å². The lowest BCUT2D eigenvalue weighted by molar-refractivity contribution is -0.131. The van der Waals surface area contributed by atoms with Crippen LogP contribution in [-0.4, -0.2) is 19.0 Å². The number of nitrogens with one attached hydrogen (secondary N) is 1. The van der Waals surface area contributed by atoms with Gasteiger partial charge in [-0.1, -0.05) is 30.9 Å². The second kappa shape index (κ2) is 7.21. The van der Waals surface area contributed by atoms with E-state index in [-0.39, 0.29) is 0 Å². The van der Waals surface area contributed by atoms with Crippen molar-refractivity contribution in [3.05, 3.63) is 54.1 Å². The molecular formula is C20H21NO4. The summed E-state index contributed by atoms with van der Waals surface area (Å²) < 4.78 is 11.0. The van der Waals surface area contributed by atoms with Gasteiger partial charge >= 0.3 is 11.9 Å². The van der Waals surface area contributed by atoms with E-state index in [2.05, 4.69) is 18.5 Å². The van der Waals surface area contributed by atoms with Crippen LogP contribution in [0.25, 0.3) is 10.8 Å². The Balaban J connectivity index is 2.70. The predicted molar refractivity (Wildman–Crippen MR) is 99.1 cm³/mol. The van der Waals surface area contributed by atoms with E-state index in [9.17, 15) is 9.59 Å². The van der Waals surface area contributed by atoms with E-state index < -0.39 is 11.9 Å². The summed E-state index contributed by atoms with van der Waals surface area (Å²) in [6, 6.07) is 7.21. The molecule has 2 aromatic carbocycles. The first-order valence-electron chi connectivity index (χ1n) is 7.75. The molecule has 130 valence electrons. The fraction of sp³-hybridized carbons (Fsp3) is 0.200. The molecule has 0 fully saturated rings. The maximum absolute atomic E-state index is 12.0. The van der Waals surface area contributed by atoms with E-state index >= 15 is 0 Å². The van der Waals surface area contributed by atoms with Gasteiger partial charge in [0.25, 0.3) is 0 Å². The van der Waals surface area contributed by atoms with Crippen LogP contribution in [0.3, 0.4) is 0 Å². The Labute approximate surface area is 146 Å². The number of anilines is 1. The average molecular weight is 339 g/mol. The van der Waals surface area contributed by atoms with Crippen molar-refractivity contribution in [1.82, 2.24) is 0 Å². The van der Waals surface area contributed by atoms with Crippen molar-refractivity contribution in [1.29, 1.82) is 0 Å². The van der Waals surface area contributed by atoms with Crippen molar-refractivity contribution >= 4 is 28.4 Å². The highest BCUT2D eigenvalue weighted by atomic mass is 16.5. The number of hydrogen-bond acceptors (Lipinski definition) is 5. The molecule has 0 unspecified atom stereocenters. The number of carbonyl (C=O) groups excluding carboxylic acids is 2. The van der Waals surface area contributed by atoms with Crippen LogP contribution in [0.1, 0.15) is 19.4 Å². The molecule has 0 aromatic heterocycles. The molecule has 0 radical (unpaired) electrons. The van der Waals surface area contributed by atoms with Crippen LogP contribution in [0.15, 0.2) is 48.6 Å². The number of hydrogen-bond donors (Lipinski definition) is 1. The van der Waals surface area contributed by atoms with E-state index in [0.717, 1.165) is 5.56 Å². The smallest absolute Gasteiger partial charge is 0.338 e. The fourth-order valence-electron chi connectivity index (χ4n) is 2.23. The largest absolute Gasteiger partial charge is 0.422 e. The van der Waals surface area contributed by atoms with Gasteiger partial charge in [-0.15, -0.1) is 0 Å². The number of ether oxygens (including phenoxy) is 2. The van der Waals surface area contributed by atoms with Crippen LogP contribution in [-0.2, 0) is 9.59 Å². The van der Waals surface area contributed by atoms with Crippen molar-refractivity contribution in [2.75, 3.05) is 12.4 Å². The predicted octanol–water partition coefficient (Wildman–Crippen LogP) is 4.15. The number of fused-ring (bicyclic) bond motifs is 1. The SMILES string of the molecule is C=C(C)C(=O)Oc1cc(NC)c(OC(=O)C(=C)C)c2ccc(C)cc12. The average Bonchev–Trinajstić information content (AvgIpc) is 2.56. The first kappa shape index (κ1) is 18.3. The summed E-state index contributed by atoms with van der Waals surface area (Å²) in [6.07, 6.45) is 0. The van der Waals surface area contributed by atoms with Crippen molar-refractivity contribution in [2.45, 2.75) is 20.8 Å². The van der Waals surface area contributed by atoms with E-state index in [1.54, 1.807) is 27.0 Å². The second-order valence-electron chi connectivity index (χ2n) is 5.89. The Bertz CT molecular complexity index is 896. The van der Waals surface area contributed by atoms with Gasteiger partial charge in [-0.05, 0) is 26.8 Å². The third kappa shape index (κ3) is 3.88. The summed E-state index contributed by atoms with van der Waals surface area (Å²) >= 11 is 0. The maximum Gasteiger partial charge on any atom is 0.338 e. The molecule has 0 aliphatic carbocycles. The van der Waals surface area contributed by atoms with Gasteiger partial charge < -0.3 is 14.8 Å². The third-order valence-corrected chi connectivity index (χ3v) is 3.57. The number of carbonyl (C=O) groups is 2. The number of rotatable bonds is 5. The van der Waals surface area contributed by atoms with Crippen molar-refractivity contribution in [3.8, 4) is 11.5 Å². The van der Waals surface area contributed by atoms with E-state index in [1.807, 2.05) is 25.1 Å². The molecule has 0 heterocycles. The highest BCUT2D eigenvalue weighted by Gasteiger charge is 2.19. The number of benzene rings is 2. The normalized spacial score (nSPS) is 10.2. The summed E-state index contributed by atoms with van der Waals surface area (Å²) in [4.78, 5) is 23.9. The van der Waals surface area contributed by atoms with Gasteiger partial charge in [0.1, 0.15) is 5.75 Å². The molecule has 0 spiro atoms. The Morgan fingerprint density at radius 1 is 0.960 bits per heavy atom. The standard InChI is InChI=1S/C20H21NO4/c1-11(2)19(22)24-17-10-16(21-6)18(25-20(23)12(3)4)14-8-7-13(5)9-15(14)17/h7-10,21H,1,3H2,2,4-6H3. The zero-order valence-electron chi connectivity index (χ0n) is 14.9. The fourth-order valence-corrected chi connectivity index (χ4v) is 2.23. The van der Waals surface area contributed by atoms with Gasteiger partial charge in [-0.25, -0.2) is 9.59 Å². The van der Waals surface area contributed by atoms with Gasteiger partial charge in [0.15, 0.2) is 5.75 Å². The van der Waals surface area contributed by atoms with Gasteiger partial charge in [0.2, 0.25) is 0 Å². The minimum Gasteiger partial charge on any atom is -0.422 e. The topological polar surface area (TPSA) is 64.6 Å². The lowest BCUT2D eigenvalue weighted by atomic mass is 10.0. The molecule has 0 saturated carbocycles. The number of esters is 2. The summed E-state index contributed by atoms with van der Waals surface area (Å²) in [5, 5.41) is 4.28. The lowest BCUT2D eigenvalue weighted by Crippen LogP contribution is -2.12. The Kier molecular flexibility index (Phi) is 5.27. The first-order valence-corrected chi connectivity index (χ1v) is 7.75. The van der Waals surface area contributed by atoms with Crippen molar-refractivity contribution in [3.63, 3.8) is 0 Å². The monoisotopic (exact) mass is 339 g/mol. The highest BCUT2D eigenvalue weighted by Crippen LogP contribution is 2.41. The molecule has 2 aromatic rings. The van der Waals surface area contributed by atoms with Crippen molar-refractivity contribution < 1.29 is 19.1 Å². The molecule has 1 N–H and O–H groups in total. The Morgan fingerprint density at radius 2 is 1.56 bits per heavy atom. The molecule has 0 aliphatic heterocycles. The van der Waals surface area contributed by atoms with Gasteiger partial charge in [0, 0.05) is 35.0 Å². The van der Waals surface area contributed by atoms with Crippen LogP contribution >= 0.6 is 0 Å². The summed E-state index contributed by atoms with van der Waals surface area (Å²) in [5.41, 5.74) is 2.09. The lowest BCUT2D eigenvalue weighted by Gasteiger charge is -2.16. The van der Waals surface area contributed by atoms with Crippen LogP contribution < -0.4 is 14.8 Å². The Morgan fingerprint density at radius 3 is 2.12 bits per heavy atom. The minimum atomic E-state index is -0.523.